The first-order valence-corrected chi connectivity index (χ1v) is 9.97. The highest BCUT2D eigenvalue weighted by Crippen LogP contribution is 2.34. The quantitative estimate of drug-likeness (QED) is 0.580. The molecule has 0 saturated heterocycles. The number of aromatic amines is 1. The van der Waals surface area contributed by atoms with Crippen molar-refractivity contribution < 1.29 is 17.2 Å². The fraction of sp³-hybridized carbons (Fsp3) is 0.167. The van der Waals surface area contributed by atoms with Gasteiger partial charge < -0.3 is 10.3 Å². The van der Waals surface area contributed by atoms with Crippen LogP contribution in [0, 0.1) is 23.0 Å². The Bertz CT molecular complexity index is 1320. The average Bonchev–Trinajstić information content (AvgIpc) is 2.66. The summed E-state index contributed by atoms with van der Waals surface area (Å²) in [5.74, 6) is -2.14. The minimum Gasteiger partial charge on any atom is -0.350 e. The minimum atomic E-state index is -4.13. The van der Waals surface area contributed by atoms with Crippen LogP contribution >= 0.6 is 0 Å². The van der Waals surface area contributed by atoms with Crippen LogP contribution in [0.15, 0.2) is 35.3 Å². The van der Waals surface area contributed by atoms with Crippen LogP contribution < -0.4 is 16.0 Å². The molecule has 3 aromatic rings. The van der Waals surface area contributed by atoms with Gasteiger partial charge in [0.1, 0.15) is 28.4 Å². The number of nitrogens with one attached hydrogen (secondary N) is 2. The maximum absolute atomic E-state index is 15.0. The molecule has 0 amide bonds. The second kappa shape index (κ2) is 7.57. The molecule has 3 rings (SSSR count). The van der Waals surface area contributed by atoms with Crippen molar-refractivity contribution in [1.82, 2.24) is 9.97 Å². The van der Waals surface area contributed by atoms with Gasteiger partial charge >= 0.3 is 0 Å². The summed E-state index contributed by atoms with van der Waals surface area (Å²) < 4.78 is 52.9. The summed E-state index contributed by atoms with van der Waals surface area (Å²) in [6, 6.07) is 6.61. The zero-order chi connectivity index (χ0) is 21.3. The number of benzene rings is 2. The molecule has 2 aromatic carbocycles. The molecule has 0 aliphatic carbocycles. The monoisotopic (exact) mass is 419 g/mol. The number of fused-ring (bicyclic) bond motifs is 1. The lowest BCUT2D eigenvalue weighted by atomic mass is 10.1. The van der Waals surface area contributed by atoms with Gasteiger partial charge in [0.2, 0.25) is 10.0 Å². The van der Waals surface area contributed by atoms with Crippen molar-refractivity contribution in [3.05, 3.63) is 63.6 Å². The van der Waals surface area contributed by atoms with E-state index in [2.05, 4.69) is 15.3 Å². The first kappa shape index (κ1) is 20.4. The maximum atomic E-state index is 15.0. The van der Waals surface area contributed by atoms with E-state index in [-0.39, 0.29) is 28.8 Å². The second-order valence-corrected chi connectivity index (χ2v) is 7.93. The summed E-state index contributed by atoms with van der Waals surface area (Å²) >= 11 is 0. The van der Waals surface area contributed by atoms with E-state index in [1.807, 2.05) is 6.07 Å². The summed E-state index contributed by atoms with van der Waals surface area (Å²) in [5, 5.41) is 15.8. The van der Waals surface area contributed by atoms with Crippen LogP contribution in [0.4, 0.5) is 20.2 Å². The lowest BCUT2D eigenvalue weighted by Crippen LogP contribution is -2.22. The van der Waals surface area contributed by atoms with Crippen molar-refractivity contribution in [3.8, 4) is 6.07 Å². The van der Waals surface area contributed by atoms with Crippen LogP contribution in [-0.2, 0) is 10.0 Å². The predicted molar refractivity (Wildman–Crippen MR) is 103 cm³/mol. The van der Waals surface area contributed by atoms with E-state index < -0.39 is 38.2 Å². The maximum Gasteiger partial charge on any atom is 0.266 e. The largest absolute Gasteiger partial charge is 0.350 e. The minimum absolute atomic E-state index is 0.00209. The molecule has 4 N–H and O–H groups in total. The van der Waals surface area contributed by atoms with Crippen LogP contribution in [0.5, 0.6) is 0 Å². The summed E-state index contributed by atoms with van der Waals surface area (Å²) in [4.78, 5) is 17.9. The molecule has 1 unspecified atom stereocenters. The van der Waals surface area contributed by atoms with Crippen molar-refractivity contribution in [2.75, 3.05) is 5.32 Å². The van der Waals surface area contributed by atoms with Gasteiger partial charge in [0, 0.05) is 5.56 Å². The summed E-state index contributed by atoms with van der Waals surface area (Å²) in [5.41, 5.74) is -1.18. The summed E-state index contributed by atoms with van der Waals surface area (Å²) in [7, 11) is -4.13. The third-order valence-corrected chi connectivity index (χ3v) is 5.74. The number of hydrogen-bond donors (Lipinski definition) is 3. The van der Waals surface area contributed by atoms with Crippen LogP contribution in [0.1, 0.15) is 29.7 Å². The standard InChI is InChI=1S/C18H15F2N5O3S/c1-2-14(29(22,27)28)9-3-4-11(19)18(16(9)20)24-12-5-6-13-17(10(12)7-21)25-15(26)8-23-13/h3-6,8,14,24H,2H2,1H3,(H,25,26)(H2,22,27,28). The highest BCUT2D eigenvalue weighted by molar-refractivity contribution is 7.89. The van der Waals surface area contributed by atoms with Crippen molar-refractivity contribution in [1.29, 1.82) is 5.26 Å². The summed E-state index contributed by atoms with van der Waals surface area (Å²) in [6.45, 7) is 1.51. The molecule has 150 valence electrons. The van der Waals surface area contributed by atoms with Crippen LogP contribution in [0.3, 0.4) is 0 Å². The highest BCUT2D eigenvalue weighted by Gasteiger charge is 2.27. The van der Waals surface area contributed by atoms with Gasteiger partial charge in [0.15, 0.2) is 5.82 Å². The summed E-state index contributed by atoms with van der Waals surface area (Å²) in [6.07, 6.45) is 1.02. The average molecular weight is 419 g/mol. The van der Waals surface area contributed by atoms with E-state index in [4.69, 9.17) is 5.14 Å². The van der Waals surface area contributed by atoms with Gasteiger partial charge in [-0.15, -0.1) is 0 Å². The Kier molecular flexibility index (Phi) is 5.32. The first-order chi connectivity index (χ1) is 13.7. The number of nitrogens with zero attached hydrogens (tertiary/aromatic N) is 2. The molecule has 0 bridgehead atoms. The Morgan fingerprint density at radius 1 is 1.31 bits per heavy atom. The zero-order valence-corrected chi connectivity index (χ0v) is 15.8. The molecule has 11 heteroatoms. The van der Waals surface area contributed by atoms with E-state index in [0.29, 0.717) is 5.52 Å². The van der Waals surface area contributed by atoms with Gasteiger partial charge in [-0.3, -0.25) is 4.79 Å². The Morgan fingerprint density at radius 2 is 2.03 bits per heavy atom. The fourth-order valence-corrected chi connectivity index (χ4v) is 4.03. The SMILES string of the molecule is CCC(c1ccc(F)c(Nc2ccc3ncc(=O)[nH]c3c2C#N)c1F)S(N)(=O)=O. The smallest absolute Gasteiger partial charge is 0.266 e. The van der Waals surface area contributed by atoms with Gasteiger partial charge in [0.05, 0.1) is 22.9 Å². The molecular weight excluding hydrogens is 404 g/mol. The lowest BCUT2D eigenvalue weighted by molar-refractivity contribution is 0.556. The van der Waals surface area contributed by atoms with E-state index in [0.717, 1.165) is 18.3 Å². The molecular formula is C18H15F2N5O3S. The molecule has 1 atom stereocenters. The number of anilines is 2. The van der Waals surface area contributed by atoms with E-state index >= 15 is 4.39 Å². The Labute approximate surface area is 164 Å². The van der Waals surface area contributed by atoms with Gasteiger partial charge in [0.25, 0.3) is 5.56 Å². The van der Waals surface area contributed by atoms with E-state index in [1.54, 1.807) is 0 Å². The molecule has 8 nitrogen and oxygen atoms in total. The number of hydrogen-bond acceptors (Lipinski definition) is 6. The third kappa shape index (κ3) is 3.80. The molecule has 1 heterocycles. The molecule has 1 aromatic heterocycles. The molecule has 0 spiro atoms. The topological polar surface area (TPSA) is 142 Å². The van der Waals surface area contributed by atoms with Crippen LogP contribution in [0.25, 0.3) is 11.0 Å². The zero-order valence-electron chi connectivity index (χ0n) is 15.0. The van der Waals surface area contributed by atoms with Gasteiger partial charge in [-0.1, -0.05) is 13.0 Å². The number of sulfonamides is 1. The molecule has 0 saturated carbocycles. The van der Waals surface area contributed by atoms with E-state index in [9.17, 15) is 22.9 Å². The molecule has 0 aliphatic rings. The number of rotatable bonds is 5. The molecule has 0 radical (unpaired) electrons. The number of aromatic nitrogens is 2. The molecule has 29 heavy (non-hydrogen) atoms. The molecule has 0 fully saturated rings. The van der Waals surface area contributed by atoms with Gasteiger partial charge in [-0.25, -0.2) is 27.3 Å². The van der Waals surface area contributed by atoms with E-state index in [1.165, 1.54) is 19.1 Å². The van der Waals surface area contributed by atoms with Crippen molar-refractivity contribution >= 4 is 32.4 Å². The van der Waals surface area contributed by atoms with Crippen LogP contribution in [-0.4, -0.2) is 18.4 Å². The number of nitriles is 1. The van der Waals surface area contributed by atoms with Gasteiger partial charge in [-0.05, 0) is 24.6 Å². The number of halogens is 2. The Balaban J connectivity index is 2.18. The number of H-pyrrole nitrogens is 1. The van der Waals surface area contributed by atoms with Crippen molar-refractivity contribution in [2.45, 2.75) is 18.6 Å². The first-order valence-electron chi connectivity index (χ1n) is 8.36. The second-order valence-electron chi connectivity index (χ2n) is 6.18. The highest BCUT2D eigenvalue weighted by atomic mass is 32.2. The van der Waals surface area contributed by atoms with Crippen molar-refractivity contribution in [3.63, 3.8) is 0 Å². The normalized spacial score (nSPS) is 12.5. The Morgan fingerprint density at radius 3 is 2.66 bits per heavy atom. The predicted octanol–water partition coefficient (Wildman–Crippen LogP) is 2.56. The van der Waals surface area contributed by atoms with Gasteiger partial charge in [-0.2, -0.15) is 5.26 Å². The fourth-order valence-electron chi connectivity index (χ4n) is 3.03. The lowest BCUT2D eigenvalue weighted by Gasteiger charge is -2.18. The molecule has 0 aliphatic heterocycles. The third-order valence-electron chi connectivity index (χ3n) is 4.36. The number of primary sulfonamides is 1. The number of nitrogens with two attached hydrogens (primary N) is 1. The van der Waals surface area contributed by atoms with Crippen LogP contribution in [0.2, 0.25) is 0 Å². The Hall–Kier alpha value is -3.36. The van der Waals surface area contributed by atoms with Crippen molar-refractivity contribution in [2.24, 2.45) is 5.14 Å².